The Bertz CT molecular complexity index is 659. The molecule has 0 aliphatic carbocycles. The van der Waals surface area contributed by atoms with Gasteiger partial charge >= 0.3 is 0 Å². The second-order valence-electron chi connectivity index (χ2n) is 5.26. The van der Waals surface area contributed by atoms with Crippen molar-refractivity contribution in [3.05, 3.63) is 55.5 Å². The molecule has 0 saturated carbocycles. The number of nitro groups is 1. The van der Waals surface area contributed by atoms with Gasteiger partial charge in [-0.05, 0) is 11.4 Å². The lowest BCUT2D eigenvalue weighted by Gasteiger charge is -2.24. The molecule has 1 aromatic carbocycles. The molecule has 0 aliphatic rings. The smallest absolute Gasteiger partial charge is 0.294 e. The van der Waals surface area contributed by atoms with Crippen molar-refractivity contribution in [1.82, 2.24) is 0 Å². The molecule has 0 saturated heterocycles. The highest BCUT2D eigenvalue weighted by Crippen LogP contribution is 2.33. The molecule has 0 aliphatic heterocycles. The molecule has 1 aromatic heterocycles. The Morgan fingerprint density at radius 3 is 2.76 bits per heavy atom. The number of thiophene rings is 1. The number of rotatable bonds is 5. The minimum Gasteiger partial charge on any atom is -0.379 e. The fourth-order valence-electron chi connectivity index (χ4n) is 1.90. The summed E-state index contributed by atoms with van der Waals surface area (Å²) in [5, 5.41) is 15.7. The summed E-state index contributed by atoms with van der Waals surface area (Å²) >= 11 is 7.21. The Morgan fingerprint density at radius 1 is 1.48 bits per heavy atom. The van der Waals surface area contributed by atoms with E-state index in [2.05, 4.69) is 5.32 Å². The third-order valence-corrected chi connectivity index (χ3v) is 4.67. The molecule has 112 valence electrons. The highest BCUT2D eigenvalue weighted by atomic mass is 35.5. The van der Waals surface area contributed by atoms with Gasteiger partial charge in [0.05, 0.1) is 9.95 Å². The number of nitrogens with zero attached hydrogens (tertiary/aromatic N) is 1. The molecule has 1 N–H and O–H groups in total. The Hall–Kier alpha value is -1.66. The summed E-state index contributed by atoms with van der Waals surface area (Å²) in [5.74, 6) is -0.682. The molecule has 0 bridgehead atoms. The van der Waals surface area contributed by atoms with Crippen molar-refractivity contribution in [2.45, 2.75) is 19.3 Å². The van der Waals surface area contributed by atoms with Crippen molar-refractivity contribution in [2.24, 2.45) is 0 Å². The zero-order chi connectivity index (χ0) is 15.6. The first kappa shape index (κ1) is 15.7. The largest absolute Gasteiger partial charge is 0.379 e. The van der Waals surface area contributed by atoms with Gasteiger partial charge in [-0.25, -0.2) is 4.39 Å². The molecule has 21 heavy (non-hydrogen) atoms. The third kappa shape index (κ3) is 3.51. The average molecular weight is 329 g/mol. The van der Waals surface area contributed by atoms with Gasteiger partial charge in [0.25, 0.3) is 5.69 Å². The van der Waals surface area contributed by atoms with Crippen LogP contribution < -0.4 is 5.32 Å². The monoisotopic (exact) mass is 328 g/mol. The van der Waals surface area contributed by atoms with Crippen LogP contribution in [0.25, 0.3) is 0 Å². The SMILES string of the molecule is CC(C)(CNc1cc(F)c(Cl)cc1[N+](=O)[O-])c1cccs1. The van der Waals surface area contributed by atoms with E-state index in [9.17, 15) is 14.5 Å². The Kier molecular flexibility index (Phi) is 4.49. The molecule has 1 heterocycles. The van der Waals surface area contributed by atoms with Gasteiger partial charge in [0.15, 0.2) is 0 Å². The van der Waals surface area contributed by atoms with E-state index in [4.69, 9.17) is 11.6 Å². The summed E-state index contributed by atoms with van der Waals surface area (Å²) in [6, 6.07) is 6.04. The first-order valence-electron chi connectivity index (χ1n) is 6.22. The van der Waals surface area contributed by atoms with E-state index in [-0.39, 0.29) is 21.8 Å². The fraction of sp³-hybridized carbons (Fsp3) is 0.286. The number of hydrogen-bond donors (Lipinski definition) is 1. The summed E-state index contributed by atoms with van der Waals surface area (Å²) in [6.07, 6.45) is 0. The van der Waals surface area contributed by atoms with E-state index in [1.54, 1.807) is 11.3 Å². The minimum absolute atomic E-state index is 0.131. The average Bonchev–Trinajstić information content (AvgIpc) is 2.94. The molecule has 0 amide bonds. The lowest BCUT2D eigenvalue weighted by atomic mass is 9.91. The molecule has 0 radical (unpaired) electrons. The Labute approximate surface area is 130 Å². The van der Waals surface area contributed by atoms with Crippen molar-refractivity contribution < 1.29 is 9.31 Å². The van der Waals surface area contributed by atoms with Crippen molar-refractivity contribution in [2.75, 3.05) is 11.9 Å². The molecule has 4 nitrogen and oxygen atoms in total. The zero-order valence-corrected chi connectivity index (χ0v) is 13.1. The van der Waals surface area contributed by atoms with Crippen LogP contribution >= 0.6 is 22.9 Å². The van der Waals surface area contributed by atoms with Crippen LogP contribution in [0.5, 0.6) is 0 Å². The molecule has 2 aromatic rings. The quantitative estimate of drug-likeness (QED) is 0.631. The molecular weight excluding hydrogens is 315 g/mol. The highest BCUT2D eigenvalue weighted by Gasteiger charge is 2.24. The summed E-state index contributed by atoms with van der Waals surface area (Å²) < 4.78 is 13.5. The summed E-state index contributed by atoms with van der Waals surface area (Å²) in [5.41, 5.74) is -0.326. The van der Waals surface area contributed by atoms with Gasteiger partial charge in [-0.3, -0.25) is 10.1 Å². The van der Waals surface area contributed by atoms with E-state index in [1.165, 1.54) is 0 Å². The van der Waals surface area contributed by atoms with Crippen molar-refractivity contribution in [3.8, 4) is 0 Å². The Balaban J connectivity index is 2.24. The molecule has 0 spiro atoms. The van der Waals surface area contributed by atoms with Crippen LogP contribution in [0.2, 0.25) is 5.02 Å². The fourth-order valence-corrected chi connectivity index (χ4v) is 2.91. The topological polar surface area (TPSA) is 55.2 Å². The minimum atomic E-state index is -0.682. The second kappa shape index (κ2) is 5.99. The van der Waals surface area contributed by atoms with Gasteiger partial charge in [-0.2, -0.15) is 0 Å². The van der Waals surface area contributed by atoms with E-state index in [1.807, 2.05) is 31.4 Å². The van der Waals surface area contributed by atoms with Crippen LogP contribution in [0.3, 0.4) is 0 Å². The normalized spacial score (nSPS) is 11.4. The molecule has 2 rings (SSSR count). The van der Waals surface area contributed by atoms with E-state index in [0.29, 0.717) is 6.54 Å². The van der Waals surface area contributed by atoms with Crippen LogP contribution in [0.4, 0.5) is 15.8 Å². The molecule has 0 unspecified atom stereocenters. The van der Waals surface area contributed by atoms with E-state index < -0.39 is 10.7 Å². The van der Waals surface area contributed by atoms with E-state index in [0.717, 1.165) is 17.0 Å². The van der Waals surface area contributed by atoms with Crippen LogP contribution in [0.15, 0.2) is 29.6 Å². The van der Waals surface area contributed by atoms with Crippen LogP contribution in [0.1, 0.15) is 18.7 Å². The number of nitro benzene ring substituents is 1. The molecule has 0 atom stereocenters. The van der Waals surface area contributed by atoms with Crippen molar-refractivity contribution >= 4 is 34.3 Å². The second-order valence-corrected chi connectivity index (χ2v) is 6.61. The molecule has 7 heteroatoms. The zero-order valence-electron chi connectivity index (χ0n) is 11.5. The van der Waals surface area contributed by atoms with Crippen LogP contribution in [-0.4, -0.2) is 11.5 Å². The summed E-state index contributed by atoms with van der Waals surface area (Å²) in [6.45, 7) is 4.48. The van der Waals surface area contributed by atoms with Crippen molar-refractivity contribution in [1.29, 1.82) is 0 Å². The predicted octanol–water partition coefficient (Wildman–Crippen LogP) is 4.84. The number of halogens is 2. The van der Waals surface area contributed by atoms with Crippen LogP contribution in [-0.2, 0) is 5.41 Å². The summed E-state index contributed by atoms with van der Waals surface area (Å²) in [7, 11) is 0. The van der Waals surface area contributed by atoms with Gasteiger partial charge in [-0.15, -0.1) is 11.3 Å². The number of anilines is 1. The standard InChI is InChI=1S/C14H14ClFN2O2S/c1-14(2,13-4-3-5-21-13)8-17-11-7-10(16)9(15)6-12(11)18(19)20/h3-7,17H,8H2,1-2H3. The number of hydrogen-bond acceptors (Lipinski definition) is 4. The van der Waals surface area contributed by atoms with Crippen LogP contribution in [0, 0.1) is 15.9 Å². The first-order valence-corrected chi connectivity index (χ1v) is 7.48. The van der Waals surface area contributed by atoms with Gasteiger partial charge in [0, 0.05) is 29.0 Å². The highest BCUT2D eigenvalue weighted by molar-refractivity contribution is 7.10. The number of benzene rings is 1. The van der Waals surface area contributed by atoms with Gasteiger partial charge in [0.2, 0.25) is 0 Å². The molecular formula is C14H14ClFN2O2S. The Morgan fingerprint density at radius 2 is 2.19 bits per heavy atom. The van der Waals surface area contributed by atoms with E-state index >= 15 is 0 Å². The first-order chi connectivity index (χ1) is 9.81. The lowest BCUT2D eigenvalue weighted by Crippen LogP contribution is -2.26. The van der Waals surface area contributed by atoms with Gasteiger partial charge in [0.1, 0.15) is 11.5 Å². The summed E-state index contributed by atoms with van der Waals surface area (Å²) in [4.78, 5) is 11.6. The number of nitrogens with one attached hydrogen (secondary N) is 1. The van der Waals surface area contributed by atoms with Gasteiger partial charge < -0.3 is 5.32 Å². The maximum absolute atomic E-state index is 13.5. The maximum atomic E-state index is 13.5. The maximum Gasteiger partial charge on any atom is 0.294 e. The third-order valence-electron chi connectivity index (χ3n) is 3.14. The van der Waals surface area contributed by atoms with Crippen molar-refractivity contribution in [3.63, 3.8) is 0 Å². The van der Waals surface area contributed by atoms with Gasteiger partial charge in [-0.1, -0.05) is 31.5 Å². The predicted molar refractivity (Wildman–Crippen MR) is 83.9 cm³/mol. The lowest BCUT2D eigenvalue weighted by molar-refractivity contribution is -0.384. The molecule has 0 fully saturated rings.